The van der Waals surface area contributed by atoms with E-state index in [-0.39, 0.29) is 22.9 Å². The molecule has 3 rings (SSSR count). The summed E-state index contributed by atoms with van der Waals surface area (Å²) >= 11 is 0. The average molecular weight is 545 g/mol. The molecule has 202 valence electrons. The van der Waals surface area contributed by atoms with E-state index in [0.29, 0.717) is 6.07 Å². The molecule has 0 aliphatic heterocycles. The Bertz CT molecular complexity index is 1340. The molecule has 0 bridgehead atoms. The van der Waals surface area contributed by atoms with Crippen LogP contribution in [0.5, 0.6) is 28.7 Å². The van der Waals surface area contributed by atoms with Crippen LogP contribution < -0.4 is 30.0 Å². The first-order valence-electron chi connectivity index (χ1n) is 10.2. The number of alkyl halides is 6. The molecule has 2 amide bonds. The number of carbonyl (C=O) groups is 2. The van der Waals surface area contributed by atoms with Crippen molar-refractivity contribution in [2.24, 2.45) is 5.73 Å². The first-order chi connectivity index (χ1) is 17.7. The number of halogens is 6. The number of nitrogens with one attached hydrogen (secondary N) is 1. The second-order valence-electron chi connectivity index (χ2n) is 7.23. The summed E-state index contributed by atoms with van der Waals surface area (Å²) in [5.74, 6) is -4.69. The maximum Gasteiger partial charge on any atom is 0.573 e. The van der Waals surface area contributed by atoms with Crippen LogP contribution in [-0.2, 0) is 6.18 Å². The molecule has 1 aromatic heterocycles. The van der Waals surface area contributed by atoms with E-state index < -0.39 is 52.7 Å². The van der Waals surface area contributed by atoms with Crippen molar-refractivity contribution in [2.45, 2.75) is 12.5 Å². The number of anilines is 1. The highest BCUT2D eigenvalue weighted by atomic mass is 19.4. The van der Waals surface area contributed by atoms with Crippen LogP contribution in [-0.4, -0.2) is 37.4 Å². The second-order valence-corrected chi connectivity index (χ2v) is 7.23. The molecule has 0 fully saturated rings. The number of rotatable bonds is 8. The molecule has 0 spiro atoms. The number of nitrogens with zero attached hydrogens (tertiary/aromatic N) is 1. The van der Waals surface area contributed by atoms with Crippen LogP contribution in [0.2, 0.25) is 0 Å². The van der Waals surface area contributed by atoms with E-state index in [9.17, 15) is 35.9 Å². The number of carbonyl (C=O) groups excluding carboxylic acids is 2. The molecule has 1 heterocycles. The number of pyridine rings is 1. The van der Waals surface area contributed by atoms with E-state index in [0.717, 1.165) is 44.7 Å². The van der Waals surface area contributed by atoms with Gasteiger partial charge in [0, 0.05) is 12.3 Å². The predicted molar refractivity (Wildman–Crippen MR) is 118 cm³/mol. The van der Waals surface area contributed by atoms with Crippen LogP contribution in [0.4, 0.5) is 32.2 Å². The van der Waals surface area contributed by atoms with Gasteiger partial charge in [0.1, 0.15) is 28.6 Å². The molecule has 0 saturated heterocycles. The Morgan fingerprint density at radius 2 is 1.58 bits per heavy atom. The fourth-order valence-electron chi connectivity index (χ4n) is 3.14. The molecule has 0 atom stereocenters. The monoisotopic (exact) mass is 545 g/mol. The highest BCUT2D eigenvalue weighted by Crippen LogP contribution is 2.44. The van der Waals surface area contributed by atoms with Gasteiger partial charge in [-0.3, -0.25) is 9.59 Å². The van der Waals surface area contributed by atoms with Gasteiger partial charge in [0.05, 0.1) is 25.3 Å². The Morgan fingerprint density at radius 1 is 0.895 bits per heavy atom. The molecule has 3 N–H and O–H groups in total. The van der Waals surface area contributed by atoms with Gasteiger partial charge in [0.15, 0.2) is 11.5 Å². The van der Waals surface area contributed by atoms with E-state index in [2.05, 4.69) is 15.0 Å². The van der Waals surface area contributed by atoms with Crippen molar-refractivity contribution in [3.05, 3.63) is 65.4 Å². The van der Waals surface area contributed by atoms with Crippen LogP contribution >= 0.6 is 0 Å². The lowest BCUT2D eigenvalue weighted by molar-refractivity contribution is -0.274. The third kappa shape index (κ3) is 6.54. The highest BCUT2D eigenvalue weighted by molar-refractivity contribution is 6.08. The zero-order valence-corrected chi connectivity index (χ0v) is 19.4. The third-order valence-electron chi connectivity index (χ3n) is 4.73. The lowest BCUT2D eigenvalue weighted by Gasteiger charge is -2.20. The molecule has 0 unspecified atom stereocenters. The van der Waals surface area contributed by atoms with Crippen LogP contribution in [0.15, 0.2) is 48.7 Å². The summed E-state index contributed by atoms with van der Waals surface area (Å²) in [4.78, 5) is 28.1. The van der Waals surface area contributed by atoms with Gasteiger partial charge >= 0.3 is 12.5 Å². The lowest BCUT2D eigenvalue weighted by Crippen LogP contribution is -2.19. The van der Waals surface area contributed by atoms with Crippen LogP contribution in [0.25, 0.3) is 0 Å². The molecule has 2 aromatic carbocycles. The molecular weight excluding hydrogens is 528 g/mol. The minimum absolute atomic E-state index is 0.00807. The minimum atomic E-state index is -5.00. The number of benzene rings is 2. The van der Waals surface area contributed by atoms with Crippen molar-refractivity contribution < 1.29 is 54.9 Å². The molecule has 9 nitrogen and oxygen atoms in total. The fraction of sp³-hybridized carbons (Fsp3) is 0.174. The fourth-order valence-corrected chi connectivity index (χ4v) is 3.14. The predicted octanol–water partition coefficient (Wildman–Crippen LogP) is 5.16. The average Bonchev–Trinajstić information content (AvgIpc) is 2.83. The number of hydrogen-bond acceptors (Lipinski definition) is 7. The first kappa shape index (κ1) is 27.9. The smallest absolute Gasteiger partial charge is 0.495 e. The highest BCUT2D eigenvalue weighted by Gasteiger charge is 2.38. The normalized spacial score (nSPS) is 11.5. The van der Waals surface area contributed by atoms with Crippen molar-refractivity contribution in [3.63, 3.8) is 0 Å². The van der Waals surface area contributed by atoms with Crippen LogP contribution in [0.3, 0.4) is 0 Å². The number of amides is 2. The number of nitrogens with two attached hydrogens (primary N) is 1. The summed E-state index contributed by atoms with van der Waals surface area (Å²) < 4.78 is 97.9. The molecular formula is C23H17F6N3O6. The number of ether oxygens (including phenoxy) is 4. The summed E-state index contributed by atoms with van der Waals surface area (Å²) in [5.41, 5.74) is 3.10. The lowest BCUT2D eigenvalue weighted by atomic mass is 10.1. The molecule has 0 aliphatic rings. The molecule has 0 aliphatic carbocycles. The topological polar surface area (TPSA) is 122 Å². The number of aromatic nitrogens is 1. The van der Waals surface area contributed by atoms with Crippen LogP contribution in [0.1, 0.15) is 26.3 Å². The van der Waals surface area contributed by atoms with Crippen molar-refractivity contribution in [1.82, 2.24) is 4.98 Å². The van der Waals surface area contributed by atoms with Crippen molar-refractivity contribution in [3.8, 4) is 28.7 Å². The van der Waals surface area contributed by atoms with E-state index in [1.54, 1.807) is 0 Å². The number of primary amides is 1. The van der Waals surface area contributed by atoms with E-state index in [1.807, 2.05) is 0 Å². The van der Waals surface area contributed by atoms with Gasteiger partial charge in [-0.25, -0.2) is 4.98 Å². The zero-order chi connectivity index (χ0) is 28.3. The molecule has 0 radical (unpaired) electrons. The summed E-state index contributed by atoms with van der Waals surface area (Å²) in [5, 5.41) is 2.26. The van der Waals surface area contributed by atoms with Gasteiger partial charge in [-0.15, -0.1) is 13.2 Å². The summed E-state index contributed by atoms with van der Waals surface area (Å²) in [6.07, 6.45) is -8.90. The summed E-state index contributed by atoms with van der Waals surface area (Å²) in [6.45, 7) is 0. The van der Waals surface area contributed by atoms with Gasteiger partial charge in [-0.1, -0.05) is 0 Å². The number of hydrogen-bond donors (Lipinski definition) is 2. The quantitative estimate of drug-likeness (QED) is 0.375. The zero-order valence-electron chi connectivity index (χ0n) is 19.4. The van der Waals surface area contributed by atoms with Gasteiger partial charge in [-0.2, -0.15) is 13.2 Å². The van der Waals surface area contributed by atoms with Crippen molar-refractivity contribution >= 4 is 17.6 Å². The number of methoxy groups -OCH3 is 2. The summed E-state index contributed by atoms with van der Waals surface area (Å²) in [6, 6.07) is 6.52. The van der Waals surface area contributed by atoms with Crippen LogP contribution in [0, 0.1) is 0 Å². The largest absolute Gasteiger partial charge is 0.573 e. The second kappa shape index (κ2) is 10.7. The maximum absolute atomic E-state index is 13.6. The molecule has 3 aromatic rings. The Balaban J connectivity index is 2.07. The summed E-state index contributed by atoms with van der Waals surface area (Å²) in [7, 11) is 2.00. The Hall–Kier alpha value is -4.69. The Morgan fingerprint density at radius 3 is 2.11 bits per heavy atom. The van der Waals surface area contributed by atoms with Gasteiger partial charge in [0.2, 0.25) is 5.91 Å². The van der Waals surface area contributed by atoms with E-state index in [1.165, 1.54) is 12.1 Å². The Labute approximate surface area is 210 Å². The van der Waals surface area contributed by atoms with Crippen molar-refractivity contribution in [1.29, 1.82) is 0 Å². The van der Waals surface area contributed by atoms with Gasteiger partial charge in [0.25, 0.3) is 5.91 Å². The standard InChI is InChI=1S/C23H17F6N3O6/c1-35-16-9-12(38-23(27,28)29)4-6-14(16)37-15-7-5-13(22(24,25)26)19(36-2)18(15)21(34)32-17-8-3-11(10-31-17)20(30)33/h3-10H,1-2H3,(H2,30,33)(H,31,32,34). The van der Waals surface area contributed by atoms with Crippen molar-refractivity contribution in [2.75, 3.05) is 19.5 Å². The molecule has 38 heavy (non-hydrogen) atoms. The third-order valence-corrected chi connectivity index (χ3v) is 4.73. The van der Waals surface area contributed by atoms with E-state index >= 15 is 0 Å². The van der Waals surface area contributed by atoms with E-state index in [4.69, 9.17) is 19.9 Å². The maximum atomic E-state index is 13.6. The molecule has 0 saturated carbocycles. The SMILES string of the molecule is COc1cc(OC(F)(F)F)ccc1Oc1ccc(C(F)(F)F)c(OC)c1C(=O)Nc1ccc(C(N)=O)cn1. The van der Waals surface area contributed by atoms with Gasteiger partial charge in [-0.05, 0) is 36.4 Å². The minimum Gasteiger partial charge on any atom is -0.495 e. The molecule has 15 heteroatoms. The first-order valence-corrected chi connectivity index (χ1v) is 10.2. The Kier molecular flexibility index (Phi) is 7.88. The van der Waals surface area contributed by atoms with Gasteiger partial charge < -0.3 is 30.0 Å².